The normalized spacial score (nSPS) is 16.3. The standard InChI is InChI=1S/C15H21NO2/c1-3-10(4-2)14(17)12-6-5-11-7-8-16-15(18)13(11)9-12/h5-6,9-10,14,17H,3-4,7-8H2,1-2H3,(H,16,18). The Morgan fingerprint density at radius 2 is 2.06 bits per heavy atom. The molecule has 1 aromatic rings. The van der Waals surface area contributed by atoms with Crippen molar-refractivity contribution < 1.29 is 9.90 Å². The lowest BCUT2D eigenvalue weighted by molar-refractivity contribution is 0.0942. The minimum Gasteiger partial charge on any atom is -0.388 e. The Bertz CT molecular complexity index is 438. The van der Waals surface area contributed by atoms with E-state index in [-0.39, 0.29) is 11.8 Å². The van der Waals surface area contributed by atoms with E-state index in [9.17, 15) is 9.90 Å². The van der Waals surface area contributed by atoms with E-state index in [4.69, 9.17) is 0 Å². The molecule has 0 radical (unpaired) electrons. The molecule has 1 aromatic carbocycles. The predicted octanol–water partition coefficient (Wildman–Crippen LogP) is 2.44. The second-order valence-corrected chi connectivity index (χ2v) is 4.94. The maximum Gasteiger partial charge on any atom is 0.251 e. The number of benzene rings is 1. The first-order valence-electron chi connectivity index (χ1n) is 6.76. The molecule has 2 N–H and O–H groups in total. The van der Waals surface area contributed by atoms with Crippen molar-refractivity contribution >= 4 is 5.91 Å². The maximum atomic E-state index is 11.8. The van der Waals surface area contributed by atoms with Gasteiger partial charge in [-0.15, -0.1) is 0 Å². The summed E-state index contributed by atoms with van der Waals surface area (Å²) in [7, 11) is 0. The van der Waals surface area contributed by atoms with Gasteiger partial charge >= 0.3 is 0 Å². The lowest BCUT2D eigenvalue weighted by Gasteiger charge is -2.23. The van der Waals surface area contributed by atoms with Crippen LogP contribution in [0.4, 0.5) is 0 Å². The van der Waals surface area contributed by atoms with Gasteiger partial charge in [-0.05, 0) is 29.5 Å². The van der Waals surface area contributed by atoms with E-state index in [0.717, 1.165) is 36.0 Å². The first-order valence-corrected chi connectivity index (χ1v) is 6.76. The first-order chi connectivity index (χ1) is 8.67. The summed E-state index contributed by atoms with van der Waals surface area (Å²) in [6.45, 7) is 4.88. The van der Waals surface area contributed by atoms with Crippen molar-refractivity contribution in [2.24, 2.45) is 5.92 Å². The van der Waals surface area contributed by atoms with Crippen molar-refractivity contribution in [2.45, 2.75) is 39.2 Å². The molecule has 1 aliphatic heterocycles. The molecule has 0 fully saturated rings. The SMILES string of the molecule is CCC(CC)C(O)c1ccc2c(c1)C(=O)NCC2. The minimum absolute atomic E-state index is 0.0187. The fourth-order valence-corrected chi connectivity index (χ4v) is 2.62. The van der Waals surface area contributed by atoms with Crippen LogP contribution in [0.25, 0.3) is 0 Å². The summed E-state index contributed by atoms with van der Waals surface area (Å²) in [5.74, 6) is 0.240. The Morgan fingerprint density at radius 1 is 1.33 bits per heavy atom. The number of amides is 1. The van der Waals surface area contributed by atoms with Crippen molar-refractivity contribution in [3.05, 3.63) is 34.9 Å². The Morgan fingerprint density at radius 3 is 2.72 bits per heavy atom. The van der Waals surface area contributed by atoms with Crippen molar-refractivity contribution in [3.8, 4) is 0 Å². The van der Waals surface area contributed by atoms with E-state index in [1.165, 1.54) is 0 Å². The highest BCUT2D eigenvalue weighted by atomic mass is 16.3. The van der Waals surface area contributed by atoms with E-state index in [1.54, 1.807) is 0 Å². The van der Waals surface area contributed by atoms with Crippen molar-refractivity contribution in [3.63, 3.8) is 0 Å². The smallest absolute Gasteiger partial charge is 0.251 e. The average Bonchev–Trinajstić information content (AvgIpc) is 2.40. The number of hydrogen-bond donors (Lipinski definition) is 2. The molecular formula is C15H21NO2. The van der Waals surface area contributed by atoms with Gasteiger partial charge in [0.15, 0.2) is 0 Å². The Labute approximate surface area is 108 Å². The molecule has 18 heavy (non-hydrogen) atoms. The van der Waals surface area contributed by atoms with Crippen LogP contribution in [0.1, 0.15) is 54.3 Å². The van der Waals surface area contributed by atoms with Gasteiger partial charge in [-0.1, -0.05) is 38.8 Å². The van der Waals surface area contributed by atoms with Crippen molar-refractivity contribution in [2.75, 3.05) is 6.54 Å². The van der Waals surface area contributed by atoms with Gasteiger partial charge in [-0.2, -0.15) is 0 Å². The van der Waals surface area contributed by atoms with Crippen LogP contribution in [0.2, 0.25) is 0 Å². The summed E-state index contributed by atoms with van der Waals surface area (Å²) in [4.78, 5) is 11.8. The fourth-order valence-electron chi connectivity index (χ4n) is 2.62. The van der Waals surface area contributed by atoms with Crippen molar-refractivity contribution in [1.29, 1.82) is 0 Å². The third kappa shape index (κ3) is 2.41. The van der Waals surface area contributed by atoms with E-state index in [2.05, 4.69) is 19.2 Å². The fraction of sp³-hybridized carbons (Fsp3) is 0.533. The van der Waals surface area contributed by atoms with Gasteiger partial charge in [0.1, 0.15) is 0 Å². The maximum absolute atomic E-state index is 11.8. The van der Waals surface area contributed by atoms with E-state index in [0.29, 0.717) is 6.54 Å². The molecule has 0 aliphatic carbocycles. The van der Waals surface area contributed by atoms with Crippen LogP contribution in [0.3, 0.4) is 0 Å². The average molecular weight is 247 g/mol. The van der Waals surface area contributed by atoms with Crippen LogP contribution in [-0.4, -0.2) is 17.6 Å². The Balaban J connectivity index is 2.30. The molecule has 1 atom stereocenters. The van der Waals surface area contributed by atoms with Crippen molar-refractivity contribution in [1.82, 2.24) is 5.32 Å². The second-order valence-electron chi connectivity index (χ2n) is 4.94. The van der Waals surface area contributed by atoms with Gasteiger partial charge in [0.05, 0.1) is 6.10 Å². The zero-order valence-electron chi connectivity index (χ0n) is 11.1. The van der Waals surface area contributed by atoms with Crippen LogP contribution in [0.15, 0.2) is 18.2 Å². The summed E-state index contributed by atoms with van der Waals surface area (Å²) in [5, 5.41) is 13.2. The molecule has 1 heterocycles. The largest absolute Gasteiger partial charge is 0.388 e. The van der Waals surface area contributed by atoms with Gasteiger partial charge in [0.25, 0.3) is 5.91 Å². The summed E-state index contributed by atoms with van der Waals surface area (Å²) >= 11 is 0. The van der Waals surface area contributed by atoms with E-state index < -0.39 is 6.10 Å². The van der Waals surface area contributed by atoms with E-state index >= 15 is 0 Å². The van der Waals surface area contributed by atoms with Gasteiger partial charge in [-0.25, -0.2) is 0 Å². The first kappa shape index (κ1) is 13.1. The number of rotatable bonds is 4. The van der Waals surface area contributed by atoms with Gasteiger partial charge in [0, 0.05) is 12.1 Å². The summed E-state index contributed by atoms with van der Waals surface area (Å²) in [5.41, 5.74) is 2.67. The molecule has 1 amide bonds. The number of nitrogens with one attached hydrogen (secondary N) is 1. The molecule has 0 spiro atoms. The Kier molecular flexibility index (Phi) is 4.02. The van der Waals surface area contributed by atoms with Gasteiger partial charge in [-0.3, -0.25) is 4.79 Å². The Hall–Kier alpha value is -1.35. The number of aliphatic hydroxyl groups is 1. The molecule has 0 saturated carbocycles. The number of carbonyl (C=O) groups is 1. The molecule has 0 saturated heterocycles. The lowest BCUT2D eigenvalue weighted by atomic mass is 9.88. The quantitative estimate of drug-likeness (QED) is 0.858. The molecule has 0 bridgehead atoms. The molecule has 1 aliphatic rings. The molecule has 98 valence electrons. The molecule has 3 heteroatoms. The van der Waals surface area contributed by atoms with Gasteiger partial charge < -0.3 is 10.4 Å². The zero-order valence-corrected chi connectivity index (χ0v) is 11.1. The zero-order chi connectivity index (χ0) is 13.1. The number of aliphatic hydroxyl groups excluding tert-OH is 1. The molecule has 1 unspecified atom stereocenters. The summed E-state index contributed by atoms with van der Waals surface area (Å²) in [6, 6.07) is 5.79. The molecule has 0 aromatic heterocycles. The number of fused-ring (bicyclic) bond motifs is 1. The van der Waals surface area contributed by atoms with Crippen LogP contribution in [0.5, 0.6) is 0 Å². The predicted molar refractivity (Wildman–Crippen MR) is 71.5 cm³/mol. The van der Waals surface area contributed by atoms with Crippen LogP contribution in [-0.2, 0) is 6.42 Å². The van der Waals surface area contributed by atoms with E-state index in [1.807, 2.05) is 18.2 Å². The topological polar surface area (TPSA) is 49.3 Å². The third-order valence-electron chi connectivity index (χ3n) is 3.90. The molecule has 2 rings (SSSR count). The van der Waals surface area contributed by atoms with Crippen LogP contribution in [0, 0.1) is 5.92 Å². The molecule has 3 nitrogen and oxygen atoms in total. The van der Waals surface area contributed by atoms with Gasteiger partial charge in [0.2, 0.25) is 0 Å². The minimum atomic E-state index is -0.472. The highest BCUT2D eigenvalue weighted by Crippen LogP contribution is 2.29. The van der Waals surface area contributed by atoms with Crippen LogP contribution >= 0.6 is 0 Å². The monoisotopic (exact) mass is 247 g/mol. The summed E-state index contributed by atoms with van der Waals surface area (Å²) < 4.78 is 0. The highest BCUT2D eigenvalue weighted by molar-refractivity contribution is 5.96. The third-order valence-corrected chi connectivity index (χ3v) is 3.90. The van der Waals surface area contributed by atoms with Crippen LogP contribution < -0.4 is 5.32 Å². The summed E-state index contributed by atoms with van der Waals surface area (Å²) in [6.07, 6.45) is 2.30. The number of carbonyl (C=O) groups excluding carboxylic acids is 1. The molecular weight excluding hydrogens is 226 g/mol. The second kappa shape index (κ2) is 5.53. The lowest BCUT2D eigenvalue weighted by Crippen LogP contribution is -2.32. The highest BCUT2D eigenvalue weighted by Gasteiger charge is 2.22. The number of hydrogen-bond acceptors (Lipinski definition) is 2.